The van der Waals surface area contributed by atoms with Gasteiger partial charge in [-0.1, -0.05) is 30.3 Å². The predicted molar refractivity (Wildman–Crippen MR) is 51.6 cm³/mol. The Balaban J connectivity index is 2.82. The van der Waals surface area contributed by atoms with Crippen LogP contribution in [0.15, 0.2) is 36.9 Å². The molecule has 0 aliphatic carbocycles. The maximum atomic E-state index is 5.70. The topological polar surface area (TPSA) is 0 Å². The van der Waals surface area contributed by atoms with Crippen molar-refractivity contribution in [3.8, 4) is 0 Å². The van der Waals surface area contributed by atoms with Gasteiger partial charge in [0.25, 0.3) is 0 Å². The average molecular weight is 181 g/mol. The van der Waals surface area contributed by atoms with Crippen LogP contribution in [0.25, 0.3) is 0 Å². The van der Waals surface area contributed by atoms with Gasteiger partial charge in [-0.05, 0) is 17.2 Å². The Morgan fingerprint density at radius 1 is 1.55 bits per heavy atom. The van der Waals surface area contributed by atoms with E-state index in [1.54, 1.807) is 0 Å². The maximum Gasteiger partial charge on any atom is 0.210 e. The highest BCUT2D eigenvalue weighted by Gasteiger charge is 1.92. The zero-order valence-electron chi connectivity index (χ0n) is 6.18. The van der Waals surface area contributed by atoms with Crippen LogP contribution >= 0.6 is 11.1 Å². The lowest BCUT2D eigenvalue weighted by molar-refractivity contribution is 1.29. The van der Waals surface area contributed by atoms with E-state index in [0.29, 0.717) is 8.83 Å². The Kier molecular flexibility index (Phi) is 3.40. The summed E-state index contributed by atoms with van der Waals surface area (Å²) in [5.74, 6) is 0. The lowest BCUT2D eigenvalue weighted by atomic mass is 10.1. The highest BCUT2D eigenvalue weighted by atomic mass is 35.6. The molecular weight excluding hydrogens is 172 g/mol. The second kappa shape index (κ2) is 4.37. The minimum atomic E-state index is 0.369. The quantitative estimate of drug-likeness (QED) is 0.379. The molecule has 11 heavy (non-hydrogen) atoms. The van der Waals surface area contributed by atoms with Crippen molar-refractivity contribution in [2.75, 3.05) is 0 Å². The Morgan fingerprint density at radius 3 is 3.00 bits per heavy atom. The van der Waals surface area contributed by atoms with Crippen LogP contribution < -0.4 is 5.19 Å². The number of benzene rings is 1. The molecule has 0 saturated carbocycles. The van der Waals surface area contributed by atoms with Gasteiger partial charge < -0.3 is 0 Å². The van der Waals surface area contributed by atoms with Crippen molar-refractivity contribution in [3.05, 3.63) is 42.5 Å². The molecule has 0 atom stereocenters. The van der Waals surface area contributed by atoms with E-state index in [1.165, 1.54) is 10.8 Å². The van der Waals surface area contributed by atoms with Gasteiger partial charge in [0.15, 0.2) is 0 Å². The summed E-state index contributed by atoms with van der Waals surface area (Å²) in [5.41, 5.74) is 1.28. The molecule has 0 fully saturated rings. The molecule has 0 aliphatic rings. The van der Waals surface area contributed by atoms with Gasteiger partial charge in [-0.3, -0.25) is 0 Å². The Bertz CT molecular complexity index is 245. The molecule has 0 nitrogen and oxygen atoms in total. The fourth-order valence-electron chi connectivity index (χ4n) is 0.924. The molecule has 0 saturated heterocycles. The van der Waals surface area contributed by atoms with Crippen LogP contribution in [-0.4, -0.2) is 8.83 Å². The highest BCUT2D eigenvalue weighted by Crippen LogP contribution is 1.98. The third kappa shape index (κ3) is 2.52. The first-order valence-corrected chi connectivity index (χ1v) is 5.44. The Hall–Kier alpha value is -0.533. The lowest BCUT2D eigenvalue weighted by Crippen LogP contribution is -2.08. The van der Waals surface area contributed by atoms with Crippen molar-refractivity contribution in [2.24, 2.45) is 0 Å². The summed E-state index contributed by atoms with van der Waals surface area (Å²) in [6, 6.07) is 8.27. The smallest absolute Gasteiger partial charge is 0.165 e. The number of halogens is 1. The van der Waals surface area contributed by atoms with E-state index in [9.17, 15) is 0 Å². The maximum absolute atomic E-state index is 5.70. The van der Waals surface area contributed by atoms with E-state index in [1.807, 2.05) is 18.2 Å². The van der Waals surface area contributed by atoms with Crippen LogP contribution in [0.1, 0.15) is 5.56 Å². The molecule has 2 radical (unpaired) electrons. The van der Waals surface area contributed by atoms with E-state index in [0.717, 1.165) is 6.42 Å². The molecule has 1 rings (SSSR count). The van der Waals surface area contributed by atoms with Crippen molar-refractivity contribution in [1.29, 1.82) is 0 Å². The molecule has 56 valence electrons. The molecule has 2 heteroatoms. The summed E-state index contributed by atoms with van der Waals surface area (Å²) in [6.45, 7) is 3.68. The first-order valence-electron chi connectivity index (χ1n) is 3.43. The van der Waals surface area contributed by atoms with Gasteiger partial charge in [-0.2, -0.15) is 11.1 Å². The largest absolute Gasteiger partial charge is 0.210 e. The van der Waals surface area contributed by atoms with Crippen molar-refractivity contribution >= 4 is 25.1 Å². The van der Waals surface area contributed by atoms with E-state index >= 15 is 0 Å². The molecule has 0 aromatic heterocycles. The van der Waals surface area contributed by atoms with Gasteiger partial charge in [-0.15, -0.1) is 6.58 Å². The van der Waals surface area contributed by atoms with Gasteiger partial charge in [0, 0.05) is 0 Å². The molecule has 0 spiro atoms. The standard InChI is InChI=1S/C9H9ClSi/c1-2-4-8-5-3-6-9(7-8)11-10/h2-3,5-7H,1,4H2. The molecule has 1 aromatic rings. The third-order valence-electron chi connectivity index (χ3n) is 1.42. The summed E-state index contributed by atoms with van der Waals surface area (Å²) < 4.78 is 0. The first-order chi connectivity index (χ1) is 5.36. The number of allylic oxidation sites excluding steroid dienone is 1. The molecular formula is C9H9ClSi. The van der Waals surface area contributed by atoms with Crippen LogP contribution in [-0.2, 0) is 6.42 Å². The summed E-state index contributed by atoms with van der Waals surface area (Å²) in [7, 11) is 0.369. The van der Waals surface area contributed by atoms with Crippen molar-refractivity contribution < 1.29 is 0 Å². The van der Waals surface area contributed by atoms with E-state index < -0.39 is 0 Å². The molecule has 0 amide bonds. The molecule has 0 aliphatic heterocycles. The molecule has 0 bridgehead atoms. The zero-order chi connectivity index (χ0) is 8.10. The molecule has 0 unspecified atom stereocenters. The monoisotopic (exact) mass is 180 g/mol. The fourth-order valence-corrected chi connectivity index (χ4v) is 1.68. The SMILES string of the molecule is C=CCc1cccc([Si]Cl)c1. The Labute approximate surface area is 74.4 Å². The first kappa shape index (κ1) is 8.56. The fraction of sp³-hybridized carbons (Fsp3) is 0.111. The predicted octanol–water partition coefficient (Wildman–Crippen LogP) is 1.90. The normalized spacial score (nSPS) is 9.55. The van der Waals surface area contributed by atoms with Crippen LogP contribution in [0.5, 0.6) is 0 Å². The molecule has 1 aromatic carbocycles. The average Bonchev–Trinajstić information content (AvgIpc) is 2.06. The van der Waals surface area contributed by atoms with E-state index in [-0.39, 0.29) is 0 Å². The van der Waals surface area contributed by atoms with Crippen molar-refractivity contribution in [2.45, 2.75) is 6.42 Å². The van der Waals surface area contributed by atoms with Gasteiger partial charge in [-0.25, -0.2) is 0 Å². The van der Waals surface area contributed by atoms with Crippen molar-refractivity contribution in [3.63, 3.8) is 0 Å². The van der Waals surface area contributed by atoms with E-state index in [2.05, 4.69) is 18.7 Å². The summed E-state index contributed by atoms with van der Waals surface area (Å²) in [6.07, 6.45) is 2.83. The van der Waals surface area contributed by atoms with Crippen LogP contribution in [0.2, 0.25) is 0 Å². The minimum absolute atomic E-state index is 0.369. The number of hydrogen-bond acceptors (Lipinski definition) is 0. The summed E-state index contributed by atoms with van der Waals surface area (Å²) in [4.78, 5) is 0. The van der Waals surface area contributed by atoms with Gasteiger partial charge >= 0.3 is 0 Å². The second-order valence-corrected chi connectivity index (χ2v) is 3.62. The zero-order valence-corrected chi connectivity index (χ0v) is 7.93. The van der Waals surface area contributed by atoms with Crippen LogP contribution in [0.4, 0.5) is 0 Å². The summed E-state index contributed by atoms with van der Waals surface area (Å²) >= 11 is 5.70. The van der Waals surface area contributed by atoms with E-state index in [4.69, 9.17) is 11.1 Å². The molecule has 0 N–H and O–H groups in total. The number of rotatable bonds is 3. The van der Waals surface area contributed by atoms with Crippen LogP contribution in [0, 0.1) is 0 Å². The van der Waals surface area contributed by atoms with Gasteiger partial charge in [0.1, 0.15) is 0 Å². The van der Waals surface area contributed by atoms with Crippen molar-refractivity contribution in [1.82, 2.24) is 0 Å². The number of hydrogen-bond donors (Lipinski definition) is 0. The summed E-state index contributed by atoms with van der Waals surface area (Å²) in [5, 5.41) is 1.20. The van der Waals surface area contributed by atoms with Gasteiger partial charge in [0.2, 0.25) is 8.83 Å². The minimum Gasteiger partial charge on any atom is -0.165 e. The van der Waals surface area contributed by atoms with Gasteiger partial charge in [0.05, 0.1) is 0 Å². The second-order valence-electron chi connectivity index (χ2n) is 2.29. The highest BCUT2D eigenvalue weighted by molar-refractivity contribution is 7.01. The lowest BCUT2D eigenvalue weighted by Gasteiger charge is -1.97. The van der Waals surface area contributed by atoms with Crippen LogP contribution in [0.3, 0.4) is 0 Å². The third-order valence-corrected chi connectivity index (χ3v) is 2.60. The Morgan fingerprint density at radius 2 is 2.36 bits per heavy atom. The molecule has 0 heterocycles.